The van der Waals surface area contributed by atoms with Gasteiger partial charge in [0.15, 0.2) is 11.5 Å². The van der Waals surface area contributed by atoms with E-state index in [-0.39, 0.29) is 11.3 Å². The quantitative estimate of drug-likeness (QED) is 0.310. The summed E-state index contributed by atoms with van der Waals surface area (Å²) < 4.78 is 11.2. The fraction of sp³-hybridized carbons (Fsp3) is 0.448. The van der Waals surface area contributed by atoms with E-state index in [1.54, 1.807) is 23.1 Å². The molecule has 1 atom stereocenters. The van der Waals surface area contributed by atoms with Crippen LogP contribution in [0.1, 0.15) is 62.8 Å². The van der Waals surface area contributed by atoms with Crippen molar-refractivity contribution in [3.05, 3.63) is 64.7 Å². The van der Waals surface area contributed by atoms with Gasteiger partial charge in [-0.25, -0.2) is 0 Å². The second-order valence-electron chi connectivity index (χ2n) is 9.55. The molecule has 0 spiro atoms. The average Bonchev–Trinajstić information content (AvgIpc) is 3.15. The Labute approximate surface area is 213 Å². The molecule has 0 radical (unpaired) electrons. The van der Waals surface area contributed by atoms with E-state index in [2.05, 4.69) is 32.6 Å². The van der Waals surface area contributed by atoms with Gasteiger partial charge in [-0.15, -0.1) is 0 Å². The van der Waals surface area contributed by atoms with Gasteiger partial charge >= 0.3 is 0 Å². The van der Waals surface area contributed by atoms with Gasteiger partial charge in [0.2, 0.25) is 0 Å². The number of hydrogen-bond acceptors (Lipinski definition) is 6. The van der Waals surface area contributed by atoms with E-state index in [4.69, 9.17) is 9.47 Å². The number of hydrogen-bond donors (Lipinski definition) is 1. The summed E-state index contributed by atoms with van der Waals surface area (Å²) in [5, 5.41) is 11.4. The van der Waals surface area contributed by atoms with E-state index < -0.39 is 17.7 Å². The zero-order valence-electron chi connectivity index (χ0n) is 21.6. The van der Waals surface area contributed by atoms with Crippen molar-refractivity contribution in [3.63, 3.8) is 0 Å². The largest absolute Gasteiger partial charge is 0.507 e. The zero-order chi connectivity index (χ0) is 25.8. The van der Waals surface area contributed by atoms with Crippen LogP contribution in [0.5, 0.6) is 11.5 Å². The number of nitrogens with zero attached hydrogens (tertiary/aromatic N) is 2. The van der Waals surface area contributed by atoms with E-state index in [0.29, 0.717) is 42.7 Å². The van der Waals surface area contributed by atoms with Crippen LogP contribution in [0.2, 0.25) is 0 Å². The van der Waals surface area contributed by atoms with Gasteiger partial charge in [-0.05, 0) is 61.3 Å². The summed E-state index contributed by atoms with van der Waals surface area (Å²) in [4.78, 5) is 30.4. The van der Waals surface area contributed by atoms with Crippen molar-refractivity contribution < 1.29 is 24.2 Å². The number of carbonyl (C=O) groups is 2. The number of aliphatic hydroxyl groups excluding tert-OH is 1. The van der Waals surface area contributed by atoms with Crippen molar-refractivity contribution in [2.45, 2.75) is 46.1 Å². The van der Waals surface area contributed by atoms with Crippen molar-refractivity contribution in [1.29, 1.82) is 0 Å². The van der Waals surface area contributed by atoms with Crippen molar-refractivity contribution in [2.75, 3.05) is 39.4 Å². The highest BCUT2D eigenvalue weighted by Crippen LogP contribution is 2.41. The highest BCUT2D eigenvalue weighted by atomic mass is 16.6. The Kier molecular flexibility index (Phi) is 7.99. The maximum Gasteiger partial charge on any atom is 0.295 e. The molecule has 7 nitrogen and oxygen atoms in total. The van der Waals surface area contributed by atoms with E-state index in [9.17, 15) is 14.7 Å². The Morgan fingerprint density at radius 3 is 2.33 bits per heavy atom. The molecule has 0 bridgehead atoms. The molecule has 7 heteroatoms. The smallest absolute Gasteiger partial charge is 0.295 e. The molecule has 2 heterocycles. The molecule has 0 unspecified atom stereocenters. The third-order valence-electron chi connectivity index (χ3n) is 7.04. The number of fused-ring (bicyclic) bond motifs is 1. The monoisotopic (exact) mass is 492 g/mol. The summed E-state index contributed by atoms with van der Waals surface area (Å²) in [6.07, 6.45) is 0.735. The van der Waals surface area contributed by atoms with Crippen LogP contribution in [-0.2, 0) is 9.59 Å². The first-order chi connectivity index (χ1) is 17.3. The van der Waals surface area contributed by atoms with Gasteiger partial charge in [-0.1, -0.05) is 52.0 Å². The number of ether oxygens (including phenoxy) is 2. The molecule has 1 N–H and O–H groups in total. The molecule has 0 aromatic heterocycles. The minimum Gasteiger partial charge on any atom is -0.507 e. The molecule has 4 rings (SSSR count). The van der Waals surface area contributed by atoms with Crippen molar-refractivity contribution >= 4 is 17.4 Å². The predicted molar refractivity (Wildman–Crippen MR) is 139 cm³/mol. The van der Waals surface area contributed by atoms with Gasteiger partial charge in [0.05, 0.1) is 11.6 Å². The van der Waals surface area contributed by atoms with Crippen molar-refractivity contribution in [1.82, 2.24) is 9.80 Å². The van der Waals surface area contributed by atoms with Crippen LogP contribution < -0.4 is 9.47 Å². The lowest BCUT2D eigenvalue weighted by molar-refractivity contribution is -0.140. The first-order valence-corrected chi connectivity index (χ1v) is 12.9. The standard InChI is InChI=1S/C29H36N2O5/c1-5-30(6-2)14-7-15-31-26(21-10-8-20(9-11-21)19(3)4)25(28(33)29(31)34)27(32)22-12-13-23-24(18-22)36-17-16-35-23/h8-13,18-19,26,32H,5-7,14-17H2,1-4H3/t26-/m1/s1. The molecule has 1 amide bonds. The summed E-state index contributed by atoms with van der Waals surface area (Å²) in [5.41, 5.74) is 2.51. The molecule has 0 aliphatic carbocycles. The minimum absolute atomic E-state index is 0.108. The molecule has 2 aromatic carbocycles. The number of benzene rings is 2. The molecule has 0 saturated carbocycles. The van der Waals surface area contributed by atoms with Crippen LogP contribution in [-0.4, -0.2) is 66.0 Å². The number of Topliss-reactive ketones (excluding diaryl/α,β-unsaturated/α-hetero) is 1. The lowest BCUT2D eigenvalue weighted by Crippen LogP contribution is -2.33. The molecule has 1 fully saturated rings. The minimum atomic E-state index is -0.664. The Bertz CT molecular complexity index is 1130. The Balaban J connectivity index is 1.74. The van der Waals surface area contributed by atoms with Crippen LogP contribution in [0, 0.1) is 0 Å². The van der Waals surface area contributed by atoms with E-state index in [1.807, 2.05) is 24.3 Å². The first kappa shape index (κ1) is 25.8. The van der Waals surface area contributed by atoms with E-state index >= 15 is 0 Å². The topological polar surface area (TPSA) is 79.3 Å². The van der Waals surface area contributed by atoms with E-state index in [0.717, 1.165) is 31.6 Å². The van der Waals surface area contributed by atoms with Crippen molar-refractivity contribution in [3.8, 4) is 11.5 Å². The summed E-state index contributed by atoms with van der Waals surface area (Å²) in [6, 6.07) is 12.4. The summed E-state index contributed by atoms with van der Waals surface area (Å²) in [6.45, 7) is 12.5. The molecule has 192 valence electrons. The highest BCUT2D eigenvalue weighted by molar-refractivity contribution is 6.46. The fourth-order valence-corrected chi connectivity index (χ4v) is 4.87. The molecular formula is C29H36N2O5. The van der Waals surface area contributed by atoms with Crippen LogP contribution in [0.4, 0.5) is 0 Å². The molecule has 2 aliphatic rings. The number of ketones is 1. The van der Waals surface area contributed by atoms with Crippen molar-refractivity contribution in [2.24, 2.45) is 0 Å². The number of carbonyl (C=O) groups excluding carboxylic acids is 2. The fourth-order valence-electron chi connectivity index (χ4n) is 4.87. The molecule has 2 aromatic rings. The Morgan fingerprint density at radius 2 is 1.69 bits per heavy atom. The molecule has 1 saturated heterocycles. The number of rotatable bonds is 9. The van der Waals surface area contributed by atoms with Gasteiger partial charge in [0, 0.05) is 12.1 Å². The van der Waals surface area contributed by atoms with E-state index in [1.165, 1.54) is 5.56 Å². The van der Waals surface area contributed by atoms with Crippen LogP contribution >= 0.6 is 0 Å². The molecule has 2 aliphatic heterocycles. The SMILES string of the molecule is CCN(CC)CCCN1C(=O)C(=O)C(=C(O)c2ccc3c(c2)OCCO3)[C@H]1c1ccc(C(C)C)cc1. The first-order valence-electron chi connectivity index (χ1n) is 12.9. The average molecular weight is 493 g/mol. The summed E-state index contributed by atoms with van der Waals surface area (Å²) >= 11 is 0. The van der Waals surface area contributed by atoms with Crippen LogP contribution in [0.15, 0.2) is 48.0 Å². The van der Waals surface area contributed by atoms with Crippen LogP contribution in [0.3, 0.4) is 0 Å². The lowest BCUT2D eigenvalue weighted by atomic mass is 9.93. The second-order valence-corrected chi connectivity index (χ2v) is 9.55. The second kappa shape index (κ2) is 11.2. The highest BCUT2D eigenvalue weighted by Gasteiger charge is 2.45. The number of aliphatic hydroxyl groups is 1. The maximum atomic E-state index is 13.3. The van der Waals surface area contributed by atoms with Gasteiger partial charge in [0.25, 0.3) is 11.7 Å². The maximum absolute atomic E-state index is 13.3. The normalized spacial score (nSPS) is 18.9. The van der Waals surface area contributed by atoms with Gasteiger partial charge in [-0.3, -0.25) is 9.59 Å². The van der Waals surface area contributed by atoms with Gasteiger partial charge < -0.3 is 24.4 Å². The van der Waals surface area contributed by atoms with Crippen LogP contribution in [0.25, 0.3) is 5.76 Å². The summed E-state index contributed by atoms with van der Waals surface area (Å²) in [7, 11) is 0. The summed E-state index contributed by atoms with van der Waals surface area (Å²) in [5.74, 6) is 0.0218. The molecular weight excluding hydrogens is 456 g/mol. The Morgan fingerprint density at radius 1 is 1.03 bits per heavy atom. The number of likely N-dealkylation sites (tertiary alicyclic amines) is 1. The number of amides is 1. The van der Waals surface area contributed by atoms with Gasteiger partial charge in [0.1, 0.15) is 19.0 Å². The third kappa shape index (κ3) is 5.12. The van der Waals surface area contributed by atoms with Gasteiger partial charge in [-0.2, -0.15) is 0 Å². The molecule has 36 heavy (non-hydrogen) atoms. The lowest BCUT2D eigenvalue weighted by Gasteiger charge is -2.27. The third-order valence-corrected chi connectivity index (χ3v) is 7.04. The predicted octanol–water partition coefficient (Wildman–Crippen LogP) is 4.73. The zero-order valence-corrected chi connectivity index (χ0v) is 21.6. The Hall–Kier alpha value is -3.32.